The quantitative estimate of drug-likeness (QED) is 0.144. The van der Waals surface area contributed by atoms with Crippen LogP contribution in [0.2, 0.25) is 0 Å². The summed E-state index contributed by atoms with van der Waals surface area (Å²) >= 11 is 3.41. The Morgan fingerprint density at radius 3 is 2.47 bits per heavy atom. The number of amides is 1. The average Bonchev–Trinajstić information content (AvgIpc) is 3.37. The van der Waals surface area contributed by atoms with Crippen molar-refractivity contribution in [3.63, 3.8) is 0 Å². The number of carbonyl (C=O) groups excluding carboxylic acids is 2. The average molecular weight is 586 g/mol. The molecule has 1 saturated heterocycles. The number of halogens is 2. The molecule has 1 amide bonds. The zero-order valence-corrected chi connectivity index (χ0v) is 20.6. The topological polar surface area (TPSA) is 79.7 Å². The highest BCUT2D eigenvalue weighted by molar-refractivity contribution is 14.1. The van der Waals surface area contributed by atoms with Gasteiger partial charge in [0.2, 0.25) is 0 Å². The minimum absolute atomic E-state index is 0.0744. The molecule has 170 valence electrons. The van der Waals surface area contributed by atoms with Crippen molar-refractivity contribution in [1.82, 2.24) is 4.98 Å². The number of nitrogens with zero attached hydrogens (tertiary/aromatic N) is 2. The minimum Gasteiger partial charge on any atom is -0.507 e. The Morgan fingerprint density at radius 1 is 1.09 bits per heavy atom. The molecule has 0 aliphatic carbocycles. The molecule has 6 nitrogen and oxygen atoms in total. The van der Waals surface area contributed by atoms with E-state index in [2.05, 4.69) is 27.6 Å². The van der Waals surface area contributed by atoms with Gasteiger partial charge < -0.3 is 9.84 Å². The van der Waals surface area contributed by atoms with Crippen LogP contribution in [0.15, 0.2) is 72.3 Å². The van der Waals surface area contributed by atoms with E-state index in [0.29, 0.717) is 22.0 Å². The smallest absolute Gasteiger partial charge is 0.301 e. The minimum atomic E-state index is -0.899. The maximum Gasteiger partial charge on any atom is 0.301 e. The van der Waals surface area contributed by atoms with E-state index in [1.54, 1.807) is 31.4 Å². The molecule has 1 aliphatic rings. The lowest BCUT2D eigenvalue weighted by atomic mass is 9.95. The monoisotopic (exact) mass is 586 g/mol. The van der Waals surface area contributed by atoms with E-state index >= 15 is 0 Å². The molecule has 0 spiro atoms. The van der Waals surface area contributed by atoms with Gasteiger partial charge in [-0.3, -0.25) is 14.5 Å². The Labute approximate surface area is 211 Å². The number of aromatic nitrogens is 1. The summed E-state index contributed by atoms with van der Waals surface area (Å²) in [5.74, 6) is -1.82. The second kappa shape index (κ2) is 8.80. The number of ether oxygens (including phenoxy) is 1. The molecular formula is C25H16FIN2O4S. The van der Waals surface area contributed by atoms with Crippen molar-refractivity contribution in [2.75, 3.05) is 12.0 Å². The van der Waals surface area contributed by atoms with Crippen LogP contribution in [0.1, 0.15) is 17.2 Å². The second-order valence-corrected chi connectivity index (χ2v) is 9.81. The number of fused-ring (bicyclic) bond motifs is 1. The Morgan fingerprint density at radius 2 is 1.79 bits per heavy atom. The number of anilines is 1. The standard InChI is InChI=1S/C25H16FIN2O4S/c1-33-17-10-11-18-19(12-17)34-25(28-18)29-21(13-4-8-16(27)9-5-13)20(23(31)24(29)32)22(30)14-2-6-15(26)7-3-14/h2-12,21,30H,1H3/b22-20+. The number of benzene rings is 3. The maximum absolute atomic E-state index is 13.4. The molecule has 2 heterocycles. The van der Waals surface area contributed by atoms with Gasteiger partial charge in [-0.1, -0.05) is 23.5 Å². The molecule has 0 radical (unpaired) electrons. The molecule has 0 bridgehead atoms. The highest BCUT2D eigenvalue weighted by atomic mass is 127. The third kappa shape index (κ3) is 3.84. The van der Waals surface area contributed by atoms with E-state index in [-0.39, 0.29) is 16.9 Å². The van der Waals surface area contributed by atoms with Crippen LogP contribution < -0.4 is 9.64 Å². The van der Waals surface area contributed by atoms with Gasteiger partial charge in [0.05, 0.1) is 28.9 Å². The Kier molecular flexibility index (Phi) is 5.82. The first-order valence-electron chi connectivity index (χ1n) is 10.1. The van der Waals surface area contributed by atoms with Gasteiger partial charge in [0.25, 0.3) is 5.78 Å². The molecule has 1 N–H and O–H groups in total. The number of carbonyl (C=O) groups is 2. The van der Waals surface area contributed by atoms with Crippen molar-refractivity contribution in [3.05, 3.63) is 92.8 Å². The molecule has 34 heavy (non-hydrogen) atoms. The SMILES string of the molecule is COc1ccc2nc(N3C(=O)C(=O)/C(=C(/O)c4ccc(F)cc4)C3c3ccc(I)cc3)sc2c1. The number of aliphatic hydroxyl groups excluding tert-OH is 1. The largest absolute Gasteiger partial charge is 0.507 e. The molecule has 3 aromatic carbocycles. The summed E-state index contributed by atoms with van der Waals surface area (Å²) in [6.07, 6.45) is 0. The molecular weight excluding hydrogens is 570 g/mol. The van der Waals surface area contributed by atoms with Crippen molar-refractivity contribution >= 4 is 66.7 Å². The van der Waals surface area contributed by atoms with Crippen LogP contribution in [0.5, 0.6) is 5.75 Å². The number of aliphatic hydroxyl groups is 1. The third-order valence-corrected chi connectivity index (χ3v) is 7.27. The number of hydrogen-bond acceptors (Lipinski definition) is 6. The number of ketones is 1. The molecule has 1 fully saturated rings. The lowest BCUT2D eigenvalue weighted by molar-refractivity contribution is -0.132. The lowest BCUT2D eigenvalue weighted by Gasteiger charge is -2.23. The molecule has 5 rings (SSSR count). The van der Waals surface area contributed by atoms with Gasteiger partial charge >= 0.3 is 5.91 Å². The summed E-state index contributed by atoms with van der Waals surface area (Å²) in [7, 11) is 1.56. The van der Waals surface area contributed by atoms with Crippen molar-refractivity contribution in [2.45, 2.75) is 6.04 Å². The fourth-order valence-corrected chi connectivity index (χ4v) is 5.26. The molecule has 1 unspecified atom stereocenters. The summed E-state index contributed by atoms with van der Waals surface area (Å²) in [5, 5.41) is 11.4. The van der Waals surface area contributed by atoms with Crippen molar-refractivity contribution in [2.24, 2.45) is 0 Å². The van der Waals surface area contributed by atoms with Crippen LogP contribution in [0, 0.1) is 9.39 Å². The normalized spacial score (nSPS) is 17.5. The molecule has 1 atom stereocenters. The van der Waals surface area contributed by atoms with Gasteiger partial charge in [-0.2, -0.15) is 0 Å². The highest BCUT2D eigenvalue weighted by Gasteiger charge is 2.48. The van der Waals surface area contributed by atoms with Gasteiger partial charge in [0, 0.05) is 9.13 Å². The predicted octanol–water partition coefficient (Wildman–Crippen LogP) is 5.67. The van der Waals surface area contributed by atoms with E-state index in [0.717, 1.165) is 8.27 Å². The number of rotatable bonds is 4. The maximum atomic E-state index is 13.4. The van der Waals surface area contributed by atoms with E-state index in [4.69, 9.17) is 4.74 Å². The number of thiazole rings is 1. The molecule has 4 aromatic rings. The summed E-state index contributed by atoms with van der Waals surface area (Å²) in [6, 6.07) is 16.9. The van der Waals surface area contributed by atoms with Crippen LogP contribution in [0.25, 0.3) is 16.0 Å². The van der Waals surface area contributed by atoms with Gasteiger partial charge in [0.15, 0.2) is 5.13 Å². The summed E-state index contributed by atoms with van der Waals surface area (Å²) in [6.45, 7) is 0. The molecule has 1 aromatic heterocycles. The second-order valence-electron chi connectivity index (χ2n) is 7.56. The van der Waals surface area contributed by atoms with E-state index in [9.17, 15) is 19.1 Å². The van der Waals surface area contributed by atoms with E-state index < -0.39 is 23.5 Å². The van der Waals surface area contributed by atoms with Gasteiger partial charge in [0.1, 0.15) is 17.3 Å². The van der Waals surface area contributed by atoms with E-state index in [1.165, 1.54) is 40.5 Å². The van der Waals surface area contributed by atoms with Gasteiger partial charge in [-0.25, -0.2) is 9.37 Å². The van der Waals surface area contributed by atoms with Crippen LogP contribution in [-0.4, -0.2) is 28.9 Å². The zero-order valence-electron chi connectivity index (χ0n) is 17.7. The van der Waals surface area contributed by atoms with Gasteiger partial charge in [-0.15, -0.1) is 0 Å². The van der Waals surface area contributed by atoms with Crippen LogP contribution >= 0.6 is 33.9 Å². The zero-order chi connectivity index (χ0) is 24.0. The third-order valence-electron chi connectivity index (χ3n) is 5.54. The Balaban J connectivity index is 1.71. The van der Waals surface area contributed by atoms with Crippen LogP contribution in [-0.2, 0) is 9.59 Å². The van der Waals surface area contributed by atoms with Crippen LogP contribution in [0.3, 0.4) is 0 Å². The summed E-state index contributed by atoms with van der Waals surface area (Å²) in [4.78, 5) is 32.4. The van der Waals surface area contributed by atoms with Crippen molar-refractivity contribution in [1.29, 1.82) is 0 Å². The summed E-state index contributed by atoms with van der Waals surface area (Å²) in [5.41, 5.74) is 1.46. The summed E-state index contributed by atoms with van der Waals surface area (Å²) < 4.78 is 20.5. The van der Waals surface area contributed by atoms with Crippen molar-refractivity contribution in [3.8, 4) is 5.75 Å². The lowest BCUT2D eigenvalue weighted by Crippen LogP contribution is -2.29. The fraction of sp³-hybridized carbons (Fsp3) is 0.0800. The molecule has 0 saturated carbocycles. The highest BCUT2D eigenvalue weighted by Crippen LogP contribution is 2.44. The van der Waals surface area contributed by atoms with Crippen molar-refractivity contribution < 1.29 is 23.8 Å². The fourth-order valence-electron chi connectivity index (χ4n) is 3.88. The molecule has 9 heteroatoms. The van der Waals surface area contributed by atoms with Gasteiger partial charge in [-0.05, 0) is 82.8 Å². The number of Topliss-reactive ketones (excluding diaryl/α,β-unsaturated/α-hetero) is 1. The first-order chi connectivity index (χ1) is 16.4. The molecule has 1 aliphatic heterocycles. The number of methoxy groups -OCH3 is 1. The number of hydrogen-bond donors (Lipinski definition) is 1. The first-order valence-corrected chi connectivity index (χ1v) is 12.0. The first kappa shape index (κ1) is 22.5. The Hall–Kier alpha value is -3.31. The Bertz CT molecular complexity index is 1460. The van der Waals surface area contributed by atoms with Crippen LogP contribution in [0.4, 0.5) is 9.52 Å². The van der Waals surface area contributed by atoms with E-state index in [1.807, 2.05) is 18.2 Å². The predicted molar refractivity (Wildman–Crippen MR) is 137 cm³/mol.